The van der Waals surface area contributed by atoms with E-state index < -0.39 is 5.97 Å². The summed E-state index contributed by atoms with van der Waals surface area (Å²) in [6.45, 7) is 5.93. The third-order valence-electron chi connectivity index (χ3n) is 2.52. The molecule has 0 aliphatic heterocycles. The fraction of sp³-hybridized carbons (Fsp3) is 0.333. The summed E-state index contributed by atoms with van der Waals surface area (Å²) >= 11 is 0. The van der Waals surface area contributed by atoms with Crippen LogP contribution in [0.15, 0.2) is 36.4 Å². The van der Waals surface area contributed by atoms with Gasteiger partial charge < -0.3 is 15.0 Å². The first-order chi connectivity index (χ1) is 9.40. The molecule has 0 fully saturated rings. The highest BCUT2D eigenvalue weighted by molar-refractivity contribution is 5.93. The SMILES string of the molecule is C=C(C)CCOC(=O)c1cccc(NC(=O)N(C)C)c1. The monoisotopic (exact) mass is 276 g/mol. The second-order valence-corrected chi connectivity index (χ2v) is 4.75. The predicted molar refractivity (Wildman–Crippen MR) is 78.9 cm³/mol. The number of amides is 2. The van der Waals surface area contributed by atoms with E-state index in [1.54, 1.807) is 38.4 Å². The fourth-order valence-electron chi connectivity index (χ4n) is 1.36. The van der Waals surface area contributed by atoms with E-state index in [0.717, 1.165) is 5.57 Å². The molecule has 0 aromatic heterocycles. The minimum atomic E-state index is -0.410. The van der Waals surface area contributed by atoms with Crippen molar-refractivity contribution in [2.45, 2.75) is 13.3 Å². The molecule has 0 saturated heterocycles. The number of hydrogen-bond donors (Lipinski definition) is 1. The Hall–Kier alpha value is -2.30. The van der Waals surface area contributed by atoms with Crippen LogP contribution in [-0.4, -0.2) is 37.6 Å². The summed E-state index contributed by atoms with van der Waals surface area (Å²) in [5, 5.41) is 2.68. The van der Waals surface area contributed by atoms with Crippen LogP contribution < -0.4 is 5.32 Å². The van der Waals surface area contributed by atoms with Gasteiger partial charge in [0.15, 0.2) is 0 Å². The Morgan fingerprint density at radius 1 is 1.35 bits per heavy atom. The second-order valence-electron chi connectivity index (χ2n) is 4.75. The maximum Gasteiger partial charge on any atom is 0.338 e. The van der Waals surface area contributed by atoms with Crippen LogP contribution in [0, 0.1) is 0 Å². The number of rotatable bonds is 5. The lowest BCUT2D eigenvalue weighted by Gasteiger charge is -2.12. The number of anilines is 1. The van der Waals surface area contributed by atoms with Crippen LogP contribution in [0.2, 0.25) is 0 Å². The third kappa shape index (κ3) is 5.14. The van der Waals surface area contributed by atoms with Gasteiger partial charge in [0.05, 0.1) is 12.2 Å². The molecule has 1 aromatic rings. The lowest BCUT2D eigenvalue weighted by molar-refractivity contribution is 0.0509. The summed E-state index contributed by atoms with van der Waals surface area (Å²) in [4.78, 5) is 24.8. The zero-order valence-electron chi connectivity index (χ0n) is 12.1. The Balaban J connectivity index is 2.65. The summed E-state index contributed by atoms with van der Waals surface area (Å²) in [5.74, 6) is -0.410. The average molecular weight is 276 g/mol. The van der Waals surface area contributed by atoms with Gasteiger partial charge in [0.1, 0.15) is 0 Å². The van der Waals surface area contributed by atoms with Crippen LogP contribution in [0.4, 0.5) is 10.5 Å². The summed E-state index contributed by atoms with van der Waals surface area (Å²) in [6.07, 6.45) is 0.642. The molecule has 1 N–H and O–H groups in total. The molecule has 0 bridgehead atoms. The first-order valence-electron chi connectivity index (χ1n) is 6.30. The normalized spacial score (nSPS) is 9.75. The zero-order chi connectivity index (χ0) is 15.1. The van der Waals surface area contributed by atoms with Gasteiger partial charge in [-0.2, -0.15) is 0 Å². The van der Waals surface area contributed by atoms with E-state index in [1.165, 1.54) is 4.90 Å². The highest BCUT2D eigenvalue weighted by Crippen LogP contribution is 2.12. The molecular weight excluding hydrogens is 256 g/mol. The molecule has 5 nitrogen and oxygen atoms in total. The Morgan fingerprint density at radius 3 is 2.65 bits per heavy atom. The van der Waals surface area contributed by atoms with Gasteiger partial charge >= 0.3 is 12.0 Å². The smallest absolute Gasteiger partial charge is 0.338 e. The minimum Gasteiger partial charge on any atom is -0.462 e. The number of nitrogens with zero attached hydrogens (tertiary/aromatic N) is 1. The van der Waals surface area contributed by atoms with Crippen LogP contribution in [0.5, 0.6) is 0 Å². The molecule has 1 aromatic carbocycles. The molecule has 0 radical (unpaired) electrons. The number of nitrogens with one attached hydrogen (secondary N) is 1. The zero-order valence-corrected chi connectivity index (χ0v) is 12.1. The predicted octanol–water partition coefficient (Wildman–Crippen LogP) is 2.90. The van der Waals surface area contributed by atoms with E-state index >= 15 is 0 Å². The van der Waals surface area contributed by atoms with Gasteiger partial charge in [0.2, 0.25) is 0 Å². The number of benzene rings is 1. The lowest BCUT2D eigenvalue weighted by atomic mass is 10.2. The van der Waals surface area contributed by atoms with Crippen molar-refractivity contribution < 1.29 is 14.3 Å². The number of hydrogen-bond acceptors (Lipinski definition) is 3. The van der Waals surface area contributed by atoms with E-state index in [4.69, 9.17) is 4.74 Å². The molecule has 0 aliphatic carbocycles. The Labute approximate surface area is 119 Å². The van der Waals surface area contributed by atoms with Gasteiger partial charge in [-0.05, 0) is 25.1 Å². The highest BCUT2D eigenvalue weighted by Gasteiger charge is 2.09. The molecular formula is C15H20N2O3. The van der Waals surface area contributed by atoms with E-state index in [-0.39, 0.29) is 6.03 Å². The van der Waals surface area contributed by atoms with E-state index in [2.05, 4.69) is 11.9 Å². The van der Waals surface area contributed by atoms with Crippen molar-refractivity contribution in [1.82, 2.24) is 4.90 Å². The molecule has 20 heavy (non-hydrogen) atoms. The maximum absolute atomic E-state index is 11.8. The molecule has 0 unspecified atom stereocenters. The molecule has 5 heteroatoms. The maximum atomic E-state index is 11.8. The van der Waals surface area contributed by atoms with Gasteiger partial charge in [-0.1, -0.05) is 11.6 Å². The van der Waals surface area contributed by atoms with Gasteiger partial charge in [-0.15, -0.1) is 6.58 Å². The van der Waals surface area contributed by atoms with Crippen LogP contribution in [0.3, 0.4) is 0 Å². The van der Waals surface area contributed by atoms with Crippen LogP contribution in [0.1, 0.15) is 23.7 Å². The molecule has 0 aliphatic rings. The lowest BCUT2D eigenvalue weighted by Crippen LogP contribution is -2.27. The number of carbonyl (C=O) groups is 2. The summed E-state index contributed by atoms with van der Waals surface area (Å²) in [6, 6.07) is 6.39. The van der Waals surface area contributed by atoms with Gasteiger partial charge in [-0.25, -0.2) is 9.59 Å². The van der Waals surface area contributed by atoms with Crippen molar-refractivity contribution in [3.8, 4) is 0 Å². The van der Waals surface area contributed by atoms with Crippen molar-refractivity contribution in [2.24, 2.45) is 0 Å². The van der Waals surface area contributed by atoms with Crippen molar-refractivity contribution in [3.05, 3.63) is 42.0 Å². The summed E-state index contributed by atoms with van der Waals surface area (Å²) < 4.78 is 5.12. The number of ether oxygens (including phenoxy) is 1. The number of esters is 1. The van der Waals surface area contributed by atoms with E-state index in [1.807, 2.05) is 6.92 Å². The molecule has 0 spiro atoms. The molecule has 0 heterocycles. The molecule has 1 rings (SSSR count). The largest absolute Gasteiger partial charge is 0.462 e. The van der Waals surface area contributed by atoms with Crippen LogP contribution in [-0.2, 0) is 4.74 Å². The summed E-state index contributed by atoms with van der Waals surface area (Å²) in [7, 11) is 3.29. The van der Waals surface area contributed by atoms with Gasteiger partial charge in [0, 0.05) is 26.2 Å². The Kier molecular flexibility index (Phi) is 5.77. The average Bonchev–Trinajstić information content (AvgIpc) is 2.38. The number of urea groups is 1. The van der Waals surface area contributed by atoms with Crippen LogP contribution >= 0.6 is 0 Å². The Bertz CT molecular complexity index is 510. The topological polar surface area (TPSA) is 58.6 Å². The first kappa shape index (κ1) is 15.8. The number of carbonyl (C=O) groups excluding carboxylic acids is 2. The van der Waals surface area contributed by atoms with Gasteiger partial charge in [0.25, 0.3) is 0 Å². The standard InChI is InChI=1S/C15H20N2O3/c1-11(2)8-9-20-14(18)12-6-5-7-13(10-12)16-15(19)17(3)4/h5-7,10H,1,8-9H2,2-4H3,(H,16,19). The molecule has 0 atom stereocenters. The van der Waals surface area contributed by atoms with E-state index in [9.17, 15) is 9.59 Å². The molecule has 108 valence electrons. The summed E-state index contributed by atoms with van der Waals surface area (Å²) in [5.41, 5.74) is 1.92. The van der Waals surface area contributed by atoms with Crippen molar-refractivity contribution in [3.63, 3.8) is 0 Å². The van der Waals surface area contributed by atoms with Crippen molar-refractivity contribution in [1.29, 1.82) is 0 Å². The second kappa shape index (κ2) is 7.33. The van der Waals surface area contributed by atoms with Crippen molar-refractivity contribution in [2.75, 3.05) is 26.0 Å². The van der Waals surface area contributed by atoms with Crippen LogP contribution in [0.25, 0.3) is 0 Å². The van der Waals surface area contributed by atoms with E-state index in [0.29, 0.717) is 24.3 Å². The molecule has 2 amide bonds. The minimum absolute atomic E-state index is 0.252. The van der Waals surface area contributed by atoms with Crippen molar-refractivity contribution >= 4 is 17.7 Å². The quantitative estimate of drug-likeness (QED) is 0.664. The third-order valence-corrected chi connectivity index (χ3v) is 2.52. The first-order valence-corrected chi connectivity index (χ1v) is 6.30. The Morgan fingerprint density at radius 2 is 2.05 bits per heavy atom. The molecule has 0 saturated carbocycles. The van der Waals surface area contributed by atoms with Gasteiger partial charge in [-0.3, -0.25) is 0 Å². The fourth-order valence-corrected chi connectivity index (χ4v) is 1.36. The highest BCUT2D eigenvalue weighted by atomic mass is 16.5.